The first-order valence-corrected chi connectivity index (χ1v) is 11.4. The Morgan fingerprint density at radius 3 is 2.73 bits per heavy atom. The van der Waals surface area contributed by atoms with Crippen LogP contribution in [0.15, 0.2) is 46.1 Å². The second-order valence-corrected chi connectivity index (χ2v) is 9.48. The van der Waals surface area contributed by atoms with Crippen molar-refractivity contribution in [3.05, 3.63) is 63.4 Å². The number of aromatic nitrogens is 3. The Bertz CT molecular complexity index is 1410. The van der Waals surface area contributed by atoms with E-state index in [0.29, 0.717) is 11.1 Å². The van der Waals surface area contributed by atoms with Gasteiger partial charge in [-0.25, -0.2) is 8.42 Å². The van der Waals surface area contributed by atoms with Crippen molar-refractivity contribution in [2.75, 3.05) is 13.2 Å². The summed E-state index contributed by atoms with van der Waals surface area (Å²) in [7, 11) is -4.02. The summed E-state index contributed by atoms with van der Waals surface area (Å²) in [5, 5.41) is 10.3. The number of fused-ring (bicyclic) bond motifs is 2. The van der Waals surface area contributed by atoms with Crippen LogP contribution in [0.3, 0.4) is 0 Å². The van der Waals surface area contributed by atoms with E-state index in [1.165, 1.54) is 6.07 Å². The van der Waals surface area contributed by atoms with E-state index in [-0.39, 0.29) is 35.7 Å². The number of pyridine rings is 1. The maximum Gasteiger partial charge on any atom is 0.252 e. The van der Waals surface area contributed by atoms with Crippen LogP contribution >= 0.6 is 11.7 Å². The summed E-state index contributed by atoms with van der Waals surface area (Å²) < 4.78 is 36.0. The summed E-state index contributed by atoms with van der Waals surface area (Å²) in [6, 6.07) is 10.3. The third kappa shape index (κ3) is 3.52. The third-order valence-electron chi connectivity index (χ3n) is 5.19. The zero-order chi connectivity index (χ0) is 21.5. The molecule has 0 amide bonds. The molecule has 0 fully saturated rings. The lowest BCUT2D eigenvalue weighted by molar-refractivity contribution is 0.251. The van der Waals surface area contributed by atoms with Crippen LogP contribution in [0.4, 0.5) is 0 Å². The number of nitrogens with zero attached hydrogens (tertiary/aromatic N) is 3. The second-order valence-electron chi connectivity index (χ2n) is 7.05. The molecule has 0 radical (unpaired) electrons. The topological polar surface area (TPSA) is 116 Å². The normalized spacial score (nSPS) is 12.3. The molecule has 156 valence electrons. The predicted molar refractivity (Wildman–Crippen MR) is 116 cm³/mol. The fourth-order valence-electron chi connectivity index (χ4n) is 3.40. The second kappa shape index (κ2) is 7.88. The standard InChI is InChI=1S/C20H20N4O4S2/c1-12-6-7-14-10-15(20(26)21-18(14)13(12)2)11-24(8-9-25)30(27,28)17-5-3-4-16-19(17)23-29-22-16/h3-7,10,25H,8-9,11H2,1-2H3,(H,21,26). The average molecular weight is 445 g/mol. The van der Waals surface area contributed by atoms with Gasteiger partial charge in [-0.2, -0.15) is 13.1 Å². The Morgan fingerprint density at radius 2 is 1.97 bits per heavy atom. The summed E-state index contributed by atoms with van der Waals surface area (Å²) in [6.07, 6.45) is 0. The molecule has 0 aliphatic rings. The van der Waals surface area contributed by atoms with E-state index in [9.17, 15) is 18.3 Å². The Kier molecular flexibility index (Phi) is 5.41. The molecule has 0 aliphatic carbocycles. The van der Waals surface area contributed by atoms with Gasteiger partial charge in [0.1, 0.15) is 15.9 Å². The van der Waals surface area contributed by atoms with Crippen LogP contribution in [-0.2, 0) is 16.6 Å². The van der Waals surface area contributed by atoms with Gasteiger partial charge in [-0.3, -0.25) is 4.79 Å². The molecule has 2 heterocycles. The van der Waals surface area contributed by atoms with Gasteiger partial charge in [-0.1, -0.05) is 18.2 Å². The number of hydrogen-bond acceptors (Lipinski definition) is 7. The maximum atomic E-state index is 13.4. The van der Waals surface area contributed by atoms with E-state index in [1.54, 1.807) is 18.2 Å². The fraction of sp³-hybridized carbons (Fsp3) is 0.250. The number of aliphatic hydroxyl groups excluding tert-OH is 1. The first-order chi connectivity index (χ1) is 14.3. The van der Waals surface area contributed by atoms with Gasteiger partial charge in [0.15, 0.2) is 0 Å². The number of rotatable bonds is 6. The summed E-state index contributed by atoms with van der Waals surface area (Å²) in [4.78, 5) is 15.6. The molecular formula is C20H20N4O4S2. The van der Waals surface area contributed by atoms with E-state index in [2.05, 4.69) is 13.7 Å². The minimum absolute atomic E-state index is 0.00545. The van der Waals surface area contributed by atoms with Crippen LogP contribution in [-0.4, -0.2) is 44.7 Å². The monoisotopic (exact) mass is 444 g/mol. The minimum atomic E-state index is -4.02. The van der Waals surface area contributed by atoms with Crippen molar-refractivity contribution in [1.82, 2.24) is 18.0 Å². The zero-order valence-corrected chi connectivity index (χ0v) is 18.0. The van der Waals surface area contributed by atoms with Crippen molar-refractivity contribution in [3.8, 4) is 0 Å². The molecule has 4 rings (SSSR count). The molecule has 0 bridgehead atoms. The molecule has 10 heteroatoms. The van der Waals surface area contributed by atoms with Crippen LogP contribution in [0.5, 0.6) is 0 Å². The van der Waals surface area contributed by atoms with Crippen LogP contribution in [0.2, 0.25) is 0 Å². The van der Waals surface area contributed by atoms with E-state index >= 15 is 0 Å². The number of H-pyrrole nitrogens is 1. The van der Waals surface area contributed by atoms with Crippen molar-refractivity contribution < 1.29 is 13.5 Å². The first-order valence-electron chi connectivity index (χ1n) is 9.27. The van der Waals surface area contributed by atoms with Gasteiger partial charge in [-0.15, -0.1) is 0 Å². The Hall–Kier alpha value is -2.66. The number of benzene rings is 2. The Labute approximate surface area is 177 Å². The number of nitrogens with one attached hydrogen (secondary N) is 1. The SMILES string of the molecule is Cc1ccc2cc(CN(CCO)S(=O)(=O)c3cccc4nsnc34)c(=O)[nH]c2c1C. The average Bonchev–Trinajstić information content (AvgIpc) is 3.20. The molecule has 0 saturated heterocycles. The van der Waals surface area contributed by atoms with Crippen molar-refractivity contribution in [2.24, 2.45) is 0 Å². The molecule has 0 unspecified atom stereocenters. The Balaban J connectivity index is 1.79. The lowest BCUT2D eigenvalue weighted by atomic mass is 10.0. The highest BCUT2D eigenvalue weighted by Crippen LogP contribution is 2.26. The van der Waals surface area contributed by atoms with Gasteiger partial charge < -0.3 is 10.1 Å². The zero-order valence-electron chi connectivity index (χ0n) is 16.4. The highest BCUT2D eigenvalue weighted by molar-refractivity contribution is 7.89. The van der Waals surface area contributed by atoms with Gasteiger partial charge in [-0.05, 0) is 48.6 Å². The Morgan fingerprint density at radius 1 is 1.17 bits per heavy atom. The van der Waals surface area contributed by atoms with Crippen molar-refractivity contribution in [3.63, 3.8) is 0 Å². The van der Waals surface area contributed by atoms with Crippen molar-refractivity contribution >= 4 is 43.7 Å². The van der Waals surface area contributed by atoms with E-state index < -0.39 is 10.0 Å². The molecule has 0 aliphatic heterocycles. The molecule has 8 nitrogen and oxygen atoms in total. The molecule has 0 saturated carbocycles. The van der Waals surface area contributed by atoms with Gasteiger partial charge in [0.05, 0.1) is 23.9 Å². The minimum Gasteiger partial charge on any atom is -0.395 e. The lowest BCUT2D eigenvalue weighted by Crippen LogP contribution is -2.35. The molecular weight excluding hydrogens is 424 g/mol. The fourth-order valence-corrected chi connectivity index (χ4v) is 5.56. The third-order valence-corrected chi connectivity index (χ3v) is 7.61. The largest absolute Gasteiger partial charge is 0.395 e. The van der Waals surface area contributed by atoms with Crippen LogP contribution in [0, 0.1) is 13.8 Å². The lowest BCUT2D eigenvalue weighted by Gasteiger charge is -2.21. The molecule has 30 heavy (non-hydrogen) atoms. The molecule has 0 atom stereocenters. The van der Waals surface area contributed by atoms with Gasteiger partial charge in [0.2, 0.25) is 10.0 Å². The molecule has 2 aromatic carbocycles. The smallest absolute Gasteiger partial charge is 0.252 e. The van der Waals surface area contributed by atoms with Crippen LogP contribution in [0.1, 0.15) is 16.7 Å². The molecule has 4 aromatic rings. The van der Waals surface area contributed by atoms with Crippen molar-refractivity contribution in [2.45, 2.75) is 25.3 Å². The number of aromatic amines is 1. The number of aliphatic hydroxyl groups is 1. The predicted octanol–water partition coefficient (Wildman–Crippen LogP) is 2.33. The first kappa shape index (κ1) is 20.6. The molecule has 0 spiro atoms. The number of aryl methyl sites for hydroxylation is 2. The highest BCUT2D eigenvalue weighted by Gasteiger charge is 2.28. The highest BCUT2D eigenvalue weighted by atomic mass is 32.2. The van der Waals surface area contributed by atoms with E-state index in [1.807, 2.05) is 26.0 Å². The molecule has 2 aromatic heterocycles. The summed E-state index contributed by atoms with van der Waals surface area (Å²) in [6.45, 7) is 3.19. The number of sulfonamides is 1. The van der Waals surface area contributed by atoms with E-state index in [4.69, 9.17) is 0 Å². The number of hydrogen-bond donors (Lipinski definition) is 2. The summed E-state index contributed by atoms with van der Waals surface area (Å²) >= 11 is 0.931. The summed E-state index contributed by atoms with van der Waals surface area (Å²) in [5.74, 6) is 0. The summed E-state index contributed by atoms with van der Waals surface area (Å²) in [5.41, 5.74) is 3.47. The van der Waals surface area contributed by atoms with Gasteiger partial charge in [0, 0.05) is 18.7 Å². The maximum absolute atomic E-state index is 13.4. The quantitative estimate of drug-likeness (QED) is 0.472. The van der Waals surface area contributed by atoms with Crippen molar-refractivity contribution in [1.29, 1.82) is 0 Å². The van der Waals surface area contributed by atoms with Gasteiger partial charge in [0.25, 0.3) is 5.56 Å². The van der Waals surface area contributed by atoms with Crippen LogP contribution in [0.25, 0.3) is 21.9 Å². The van der Waals surface area contributed by atoms with E-state index in [0.717, 1.165) is 38.1 Å². The van der Waals surface area contributed by atoms with Crippen LogP contribution < -0.4 is 5.56 Å². The van der Waals surface area contributed by atoms with Gasteiger partial charge >= 0.3 is 0 Å². The molecule has 2 N–H and O–H groups in total.